The molecule has 0 radical (unpaired) electrons. The third kappa shape index (κ3) is 5.47. The second-order valence-electron chi connectivity index (χ2n) is 8.00. The molecule has 0 saturated heterocycles. The standard InChI is InChI=1S/C22H23F3N2O4S2/c1-26-6-7-27(15-4-2-3-14(23)9-15)17-10-19(32-16-12-22(24,25)13-16)18(11-20(17)33(26)30)31-8-5-21(28)29/h2-4,9-11,16H,5-8,12-13H2,1H3,(H,28,29). The molecule has 2 aliphatic rings. The molecule has 1 aliphatic carbocycles. The van der Waals surface area contributed by atoms with E-state index in [2.05, 4.69) is 0 Å². The fraction of sp³-hybridized carbons (Fsp3) is 0.409. The fourth-order valence-electron chi connectivity index (χ4n) is 3.73. The molecule has 1 N–H and O–H groups in total. The fourth-order valence-corrected chi connectivity index (χ4v) is 6.29. The monoisotopic (exact) mass is 500 g/mol. The Morgan fingerprint density at radius 3 is 2.70 bits per heavy atom. The predicted octanol–water partition coefficient (Wildman–Crippen LogP) is 4.68. The number of thioether (sulfide) groups is 1. The van der Waals surface area contributed by atoms with Crippen LogP contribution >= 0.6 is 11.8 Å². The van der Waals surface area contributed by atoms with Gasteiger partial charge in [-0.2, -0.15) is 0 Å². The average molecular weight is 501 g/mol. The van der Waals surface area contributed by atoms with Crippen LogP contribution in [0.5, 0.6) is 5.75 Å². The zero-order chi connectivity index (χ0) is 23.8. The van der Waals surface area contributed by atoms with Crippen molar-refractivity contribution in [3.8, 4) is 5.75 Å². The maximum absolute atomic E-state index is 14.0. The lowest BCUT2D eigenvalue weighted by atomic mass is 9.94. The first kappa shape index (κ1) is 23.9. The van der Waals surface area contributed by atoms with E-state index < -0.39 is 28.7 Å². The summed E-state index contributed by atoms with van der Waals surface area (Å²) in [6, 6.07) is 9.37. The van der Waals surface area contributed by atoms with Crippen molar-refractivity contribution in [1.82, 2.24) is 4.31 Å². The molecule has 1 heterocycles. The molecule has 1 unspecified atom stereocenters. The SMILES string of the molecule is CN1CCN(c2cccc(F)c2)c2cc(SC3CC(F)(F)C3)c(OCCC(=O)O)cc2S1=O. The summed E-state index contributed by atoms with van der Waals surface area (Å²) in [6.45, 7) is 0.756. The lowest BCUT2D eigenvalue weighted by molar-refractivity contribution is -0.137. The third-order valence-corrected chi connectivity index (χ3v) is 8.16. The van der Waals surface area contributed by atoms with Crippen LogP contribution < -0.4 is 9.64 Å². The number of ether oxygens (including phenoxy) is 1. The molecule has 0 spiro atoms. The number of carbonyl (C=O) groups is 1. The number of carboxylic acids is 1. The second-order valence-corrected chi connectivity index (χ2v) is 10.9. The van der Waals surface area contributed by atoms with Crippen molar-refractivity contribution < 1.29 is 32.0 Å². The highest BCUT2D eigenvalue weighted by Gasteiger charge is 2.46. The predicted molar refractivity (Wildman–Crippen MR) is 120 cm³/mol. The molecule has 11 heteroatoms. The molecule has 1 saturated carbocycles. The van der Waals surface area contributed by atoms with Gasteiger partial charge in [0.05, 0.1) is 28.5 Å². The Labute approximate surface area is 196 Å². The Morgan fingerprint density at radius 1 is 1.27 bits per heavy atom. The molecule has 0 aromatic heterocycles. The van der Waals surface area contributed by atoms with Gasteiger partial charge in [-0.1, -0.05) is 6.07 Å². The quantitative estimate of drug-likeness (QED) is 0.596. The summed E-state index contributed by atoms with van der Waals surface area (Å²) >= 11 is 1.23. The number of halogens is 3. The van der Waals surface area contributed by atoms with Gasteiger partial charge >= 0.3 is 5.97 Å². The zero-order valence-electron chi connectivity index (χ0n) is 17.8. The van der Waals surface area contributed by atoms with Crippen LogP contribution in [0.2, 0.25) is 0 Å². The van der Waals surface area contributed by atoms with Crippen molar-refractivity contribution >= 4 is 40.1 Å². The number of rotatable bonds is 7. The molecule has 178 valence electrons. The highest BCUT2D eigenvalue weighted by atomic mass is 32.2. The van der Waals surface area contributed by atoms with E-state index in [-0.39, 0.29) is 31.1 Å². The molecule has 2 aromatic rings. The third-order valence-electron chi connectivity index (χ3n) is 5.47. The Morgan fingerprint density at radius 2 is 2.03 bits per heavy atom. The van der Waals surface area contributed by atoms with E-state index in [0.717, 1.165) is 0 Å². The summed E-state index contributed by atoms with van der Waals surface area (Å²) in [5.41, 5.74) is 1.15. The molecule has 1 aliphatic heterocycles. The summed E-state index contributed by atoms with van der Waals surface area (Å²) < 4.78 is 61.3. The van der Waals surface area contributed by atoms with Gasteiger partial charge in [0, 0.05) is 50.0 Å². The van der Waals surface area contributed by atoms with Crippen molar-refractivity contribution in [1.29, 1.82) is 0 Å². The molecule has 1 fully saturated rings. The van der Waals surface area contributed by atoms with Gasteiger partial charge in [0.25, 0.3) is 0 Å². The van der Waals surface area contributed by atoms with Crippen LogP contribution in [0, 0.1) is 5.82 Å². The molecule has 4 rings (SSSR count). The van der Waals surface area contributed by atoms with Crippen molar-refractivity contribution in [2.75, 3.05) is 31.6 Å². The van der Waals surface area contributed by atoms with Crippen molar-refractivity contribution in [3.05, 3.63) is 42.2 Å². The number of alkyl halides is 2. The summed E-state index contributed by atoms with van der Waals surface area (Å²) in [5, 5.41) is 8.62. The van der Waals surface area contributed by atoms with Crippen LogP contribution in [0.15, 0.2) is 46.2 Å². The Kier molecular flexibility index (Phi) is 6.92. The van der Waals surface area contributed by atoms with Crippen LogP contribution in [-0.2, 0) is 15.8 Å². The lowest BCUT2D eigenvalue weighted by Gasteiger charge is -2.35. The molecule has 33 heavy (non-hydrogen) atoms. The number of likely N-dealkylation sites (N-methyl/N-ethyl adjacent to an activating group) is 1. The minimum absolute atomic E-state index is 0.113. The van der Waals surface area contributed by atoms with Gasteiger partial charge in [-0.3, -0.25) is 4.79 Å². The smallest absolute Gasteiger partial charge is 0.306 e. The Hall–Kier alpha value is -2.24. The second kappa shape index (κ2) is 9.55. The first-order valence-corrected chi connectivity index (χ1v) is 12.3. The minimum atomic E-state index is -2.69. The summed E-state index contributed by atoms with van der Waals surface area (Å²) in [6.07, 6.45) is -0.752. The van der Waals surface area contributed by atoms with Crippen molar-refractivity contribution in [3.63, 3.8) is 0 Å². The number of anilines is 2. The number of hydrogen-bond donors (Lipinski definition) is 1. The summed E-state index contributed by atoms with van der Waals surface area (Å²) in [5.74, 6) is -3.82. The number of benzene rings is 2. The van der Waals surface area contributed by atoms with Gasteiger partial charge in [0.2, 0.25) is 5.92 Å². The van der Waals surface area contributed by atoms with E-state index in [0.29, 0.717) is 40.0 Å². The van der Waals surface area contributed by atoms with Gasteiger partial charge in [0.1, 0.15) is 22.6 Å². The number of nitrogens with zero attached hydrogens (tertiary/aromatic N) is 2. The van der Waals surface area contributed by atoms with E-state index in [1.807, 2.05) is 4.90 Å². The molecule has 0 bridgehead atoms. The molecular formula is C22H23F3N2O4S2. The average Bonchev–Trinajstić information content (AvgIpc) is 2.83. The van der Waals surface area contributed by atoms with E-state index in [4.69, 9.17) is 9.84 Å². The van der Waals surface area contributed by atoms with Gasteiger partial charge in [0.15, 0.2) is 0 Å². The first-order valence-electron chi connectivity index (χ1n) is 10.4. The highest BCUT2D eigenvalue weighted by molar-refractivity contribution is 8.00. The first-order chi connectivity index (χ1) is 15.6. The maximum atomic E-state index is 14.0. The Bertz CT molecular complexity index is 1080. The van der Waals surface area contributed by atoms with E-state index in [1.54, 1.807) is 35.6 Å². The van der Waals surface area contributed by atoms with Crippen LogP contribution in [0.4, 0.5) is 24.5 Å². The summed E-state index contributed by atoms with van der Waals surface area (Å²) in [4.78, 5) is 13.7. The van der Waals surface area contributed by atoms with E-state index in [1.165, 1.54) is 23.9 Å². The lowest BCUT2D eigenvalue weighted by Crippen LogP contribution is -2.37. The molecule has 2 aromatic carbocycles. The number of fused-ring (bicyclic) bond motifs is 1. The van der Waals surface area contributed by atoms with Gasteiger partial charge in [-0.25, -0.2) is 21.7 Å². The number of carboxylic acid groups (broad SMARTS) is 1. The van der Waals surface area contributed by atoms with E-state index in [9.17, 15) is 22.2 Å². The molecular weight excluding hydrogens is 477 g/mol. The molecule has 1 atom stereocenters. The number of aliphatic carboxylic acids is 1. The largest absolute Gasteiger partial charge is 0.492 e. The van der Waals surface area contributed by atoms with Gasteiger partial charge in [-0.05, 0) is 24.3 Å². The van der Waals surface area contributed by atoms with Crippen LogP contribution in [-0.4, -0.2) is 57.5 Å². The van der Waals surface area contributed by atoms with Crippen molar-refractivity contribution in [2.24, 2.45) is 0 Å². The van der Waals surface area contributed by atoms with Crippen molar-refractivity contribution in [2.45, 2.75) is 40.2 Å². The minimum Gasteiger partial charge on any atom is -0.492 e. The zero-order valence-corrected chi connectivity index (χ0v) is 19.4. The van der Waals surface area contributed by atoms with E-state index >= 15 is 0 Å². The normalized spacial score (nSPS) is 20.6. The van der Waals surface area contributed by atoms with Crippen LogP contribution in [0.1, 0.15) is 19.3 Å². The van der Waals surface area contributed by atoms with Gasteiger partial charge < -0.3 is 14.7 Å². The molecule has 6 nitrogen and oxygen atoms in total. The van der Waals surface area contributed by atoms with Gasteiger partial charge in [-0.15, -0.1) is 11.8 Å². The Balaban J connectivity index is 1.76. The number of hydrogen-bond acceptors (Lipinski definition) is 5. The van der Waals surface area contributed by atoms with Crippen LogP contribution in [0.3, 0.4) is 0 Å². The topological polar surface area (TPSA) is 70.1 Å². The maximum Gasteiger partial charge on any atom is 0.306 e. The molecule has 0 amide bonds. The van der Waals surface area contributed by atoms with Crippen LogP contribution in [0.25, 0.3) is 0 Å². The summed E-state index contributed by atoms with van der Waals surface area (Å²) in [7, 11) is 0.157. The highest BCUT2D eigenvalue weighted by Crippen LogP contribution is 2.50.